The van der Waals surface area contributed by atoms with E-state index in [2.05, 4.69) is 11.8 Å². The van der Waals surface area contributed by atoms with E-state index in [4.69, 9.17) is 15.9 Å². The van der Waals surface area contributed by atoms with E-state index in [1.165, 1.54) is 17.0 Å². The van der Waals surface area contributed by atoms with Crippen molar-refractivity contribution in [1.29, 1.82) is 0 Å². The van der Waals surface area contributed by atoms with Crippen LogP contribution in [0.4, 0.5) is 4.39 Å². The van der Waals surface area contributed by atoms with E-state index in [0.717, 1.165) is 6.07 Å². The number of aliphatic hydroxyl groups excluding tert-OH is 2. The van der Waals surface area contributed by atoms with Crippen LogP contribution in [0.1, 0.15) is 15.9 Å². The lowest BCUT2D eigenvalue weighted by Crippen LogP contribution is -2.36. The van der Waals surface area contributed by atoms with Gasteiger partial charge < -0.3 is 20.8 Å². The van der Waals surface area contributed by atoms with Crippen LogP contribution in [0.5, 0.6) is 0 Å². The van der Waals surface area contributed by atoms with E-state index in [0.29, 0.717) is 5.56 Å². The van der Waals surface area contributed by atoms with Crippen LogP contribution >= 0.6 is 0 Å². The zero-order valence-corrected chi connectivity index (χ0v) is 11.0. The predicted octanol–water partition coefficient (Wildman–Crippen LogP) is -0.437. The second-order valence-electron chi connectivity index (χ2n) is 3.94. The van der Waals surface area contributed by atoms with Gasteiger partial charge in [0.1, 0.15) is 5.82 Å². The molecule has 0 saturated heterocycles. The topological polar surface area (TPSA) is 86.8 Å². The zero-order chi connectivity index (χ0) is 15.0. The number of hydrogen-bond donors (Lipinski definition) is 3. The number of halogens is 1. The molecule has 0 aromatic heterocycles. The van der Waals surface area contributed by atoms with Gasteiger partial charge in [0.2, 0.25) is 0 Å². The zero-order valence-electron chi connectivity index (χ0n) is 11.0. The maximum Gasteiger partial charge on any atom is 0.255 e. The summed E-state index contributed by atoms with van der Waals surface area (Å²) in [5.74, 6) is 4.27. The van der Waals surface area contributed by atoms with Crippen molar-refractivity contribution in [1.82, 2.24) is 4.90 Å². The van der Waals surface area contributed by atoms with Crippen molar-refractivity contribution in [3.8, 4) is 11.8 Å². The molecule has 5 nitrogen and oxygen atoms in total. The largest absolute Gasteiger partial charge is 0.395 e. The number of carbonyl (C=O) groups excluding carboxylic acids is 1. The summed E-state index contributed by atoms with van der Waals surface area (Å²) in [5, 5.41) is 17.9. The smallest absolute Gasteiger partial charge is 0.255 e. The average molecular weight is 280 g/mol. The number of aliphatic hydroxyl groups is 2. The van der Waals surface area contributed by atoms with E-state index in [9.17, 15) is 9.18 Å². The van der Waals surface area contributed by atoms with Crippen molar-refractivity contribution in [3.63, 3.8) is 0 Å². The van der Waals surface area contributed by atoms with E-state index >= 15 is 0 Å². The summed E-state index contributed by atoms with van der Waals surface area (Å²) in [7, 11) is 0. The minimum absolute atomic E-state index is 0.0552. The first-order valence-electron chi connectivity index (χ1n) is 6.13. The van der Waals surface area contributed by atoms with Gasteiger partial charge in [0, 0.05) is 18.7 Å². The highest BCUT2D eigenvalue weighted by atomic mass is 19.1. The highest BCUT2D eigenvalue weighted by Gasteiger charge is 2.18. The number of carbonyl (C=O) groups is 1. The van der Waals surface area contributed by atoms with Crippen molar-refractivity contribution in [2.24, 2.45) is 5.73 Å². The van der Waals surface area contributed by atoms with Crippen molar-refractivity contribution in [2.45, 2.75) is 0 Å². The minimum Gasteiger partial charge on any atom is -0.395 e. The molecule has 20 heavy (non-hydrogen) atoms. The molecule has 0 unspecified atom stereocenters. The third kappa shape index (κ3) is 4.31. The van der Waals surface area contributed by atoms with Crippen LogP contribution in [-0.2, 0) is 0 Å². The molecule has 0 radical (unpaired) electrons. The van der Waals surface area contributed by atoms with Crippen molar-refractivity contribution < 1.29 is 19.4 Å². The third-order valence-electron chi connectivity index (χ3n) is 2.56. The molecular formula is C14H17FN2O3. The van der Waals surface area contributed by atoms with Gasteiger partial charge in [-0.15, -0.1) is 0 Å². The van der Waals surface area contributed by atoms with Crippen LogP contribution < -0.4 is 5.73 Å². The van der Waals surface area contributed by atoms with Crippen LogP contribution in [0.2, 0.25) is 0 Å². The molecule has 4 N–H and O–H groups in total. The normalized spacial score (nSPS) is 9.80. The van der Waals surface area contributed by atoms with Gasteiger partial charge in [-0.2, -0.15) is 0 Å². The Morgan fingerprint density at radius 2 is 1.95 bits per heavy atom. The second-order valence-corrected chi connectivity index (χ2v) is 3.94. The molecule has 0 heterocycles. The maximum absolute atomic E-state index is 13.3. The lowest BCUT2D eigenvalue weighted by atomic mass is 10.1. The first-order valence-corrected chi connectivity index (χ1v) is 6.13. The molecule has 0 aliphatic rings. The number of hydrogen-bond acceptors (Lipinski definition) is 4. The van der Waals surface area contributed by atoms with Gasteiger partial charge in [0.15, 0.2) is 0 Å². The van der Waals surface area contributed by atoms with Crippen molar-refractivity contribution in [2.75, 3.05) is 32.8 Å². The molecule has 0 fully saturated rings. The summed E-state index contributed by atoms with van der Waals surface area (Å²) in [5.41, 5.74) is 5.73. The predicted molar refractivity (Wildman–Crippen MR) is 72.4 cm³/mol. The Balaban J connectivity index is 3.14. The fourth-order valence-electron chi connectivity index (χ4n) is 1.68. The van der Waals surface area contributed by atoms with Crippen molar-refractivity contribution in [3.05, 3.63) is 35.1 Å². The highest BCUT2D eigenvalue weighted by Crippen LogP contribution is 2.13. The molecule has 6 heteroatoms. The maximum atomic E-state index is 13.3. The van der Waals surface area contributed by atoms with Crippen LogP contribution in [0, 0.1) is 17.7 Å². The number of amides is 1. The van der Waals surface area contributed by atoms with E-state index in [1.54, 1.807) is 0 Å². The molecule has 1 rings (SSSR count). The Kier molecular flexibility index (Phi) is 6.67. The van der Waals surface area contributed by atoms with Crippen LogP contribution in [0.15, 0.2) is 18.2 Å². The van der Waals surface area contributed by atoms with E-state index in [-0.39, 0.29) is 38.4 Å². The quantitative estimate of drug-likeness (QED) is 0.638. The molecule has 1 aromatic rings. The first kappa shape index (κ1) is 16.1. The van der Waals surface area contributed by atoms with Crippen molar-refractivity contribution >= 4 is 5.91 Å². The number of nitrogens with two attached hydrogens (primary N) is 1. The molecule has 0 aliphatic heterocycles. The molecule has 1 aromatic carbocycles. The number of benzene rings is 1. The van der Waals surface area contributed by atoms with Gasteiger partial charge >= 0.3 is 0 Å². The molecule has 0 atom stereocenters. The Hall–Kier alpha value is -1.94. The Bertz CT molecular complexity index is 517. The Morgan fingerprint density at radius 3 is 2.50 bits per heavy atom. The van der Waals surface area contributed by atoms with Gasteiger partial charge in [0.05, 0.1) is 25.3 Å². The summed E-state index contributed by atoms with van der Waals surface area (Å²) in [6.45, 7) is -0.253. The summed E-state index contributed by atoms with van der Waals surface area (Å²) in [6, 6.07) is 3.70. The molecular weight excluding hydrogens is 263 g/mol. The highest BCUT2D eigenvalue weighted by molar-refractivity contribution is 5.96. The lowest BCUT2D eigenvalue weighted by Gasteiger charge is -2.21. The van der Waals surface area contributed by atoms with Crippen LogP contribution in [-0.4, -0.2) is 53.9 Å². The van der Waals surface area contributed by atoms with Crippen LogP contribution in [0.3, 0.4) is 0 Å². The molecule has 1 amide bonds. The molecule has 108 valence electrons. The average Bonchev–Trinajstić information content (AvgIpc) is 2.45. The van der Waals surface area contributed by atoms with Gasteiger partial charge in [-0.1, -0.05) is 11.8 Å². The SMILES string of the molecule is NCC#Cc1ccc(F)cc1C(=O)N(CCO)CCO. The summed E-state index contributed by atoms with van der Waals surface area (Å²) >= 11 is 0. The minimum atomic E-state index is -0.556. The fourth-order valence-corrected chi connectivity index (χ4v) is 1.68. The summed E-state index contributed by atoms with van der Waals surface area (Å²) in [4.78, 5) is 13.5. The van der Waals surface area contributed by atoms with Gasteiger partial charge in [0.25, 0.3) is 5.91 Å². The second kappa shape index (κ2) is 8.27. The molecule has 0 bridgehead atoms. The van der Waals surface area contributed by atoms with E-state index in [1.807, 2.05) is 0 Å². The molecule has 0 saturated carbocycles. The van der Waals surface area contributed by atoms with Crippen LogP contribution in [0.25, 0.3) is 0 Å². The third-order valence-corrected chi connectivity index (χ3v) is 2.56. The molecule has 0 aliphatic carbocycles. The monoisotopic (exact) mass is 280 g/mol. The Labute approximate surface area is 116 Å². The van der Waals surface area contributed by atoms with Gasteiger partial charge in [-0.05, 0) is 18.2 Å². The van der Waals surface area contributed by atoms with Gasteiger partial charge in [-0.25, -0.2) is 4.39 Å². The fraction of sp³-hybridized carbons (Fsp3) is 0.357. The Morgan fingerprint density at radius 1 is 1.30 bits per heavy atom. The lowest BCUT2D eigenvalue weighted by molar-refractivity contribution is 0.0684. The summed E-state index contributed by atoms with van der Waals surface area (Å²) < 4.78 is 13.3. The van der Waals surface area contributed by atoms with Gasteiger partial charge in [-0.3, -0.25) is 4.79 Å². The van der Waals surface area contributed by atoms with E-state index < -0.39 is 11.7 Å². The number of rotatable bonds is 5. The first-order chi connectivity index (χ1) is 9.63. The summed E-state index contributed by atoms with van der Waals surface area (Å²) in [6.07, 6.45) is 0. The number of nitrogens with zero attached hydrogens (tertiary/aromatic N) is 1. The molecule has 0 spiro atoms. The standard InChI is InChI=1S/C14H17FN2O3/c15-12-4-3-11(2-1-5-16)13(10-12)14(20)17(6-8-18)7-9-19/h3-4,10,18-19H,5-9,16H2.